The molecule has 0 radical (unpaired) electrons. The Morgan fingerprint density at radius 2 is 2.24 bits per heavy atom. The standard InChI is InChI=1S/C12H14BrF2NO/c13-9-4-10(14)12(15)11(5-9)17-7-8-2-1-3-16-6-8/h4-5,8,16H,1-3,6-7H2. The Labute approximate surface area is 107 Å². The molecule has 2 rings (SSSR count). The third-order valence-corrected chi connectivity index (χ3v) is 3.29. The third-order valence-electron chi connectivity index (χ3n) is 2.83. The second-order valence-corrected chi connectivity index (χ2v) is 5.14. The van der Waals surface area contributed by atoms with E-state index in [9.17, 15) is 8.78 Å². The Kier molecular flexibility index (Phi) is 4.34. The smallest absolute Gasteiger partial charge is 0.200 e. The predicted molar refractivity (Wildman–Crippen MR) is 65.1 cm³/mol. The van der Waals surface area contributed by atoms with Crippen molar-refractivity contribution in [2.24, 2.45) is 5.92 Å². The van der Waals surface area contributed by atoms with Crippen molar-refractivity contribution < 1.29 is 13.5 Å². The van der Waals surface area contributed by atoms with Gasteiger partial charge in [-0.05, 0) is 31.5 Å². The van der Waals surface area contributed by atoms with Crippen LogP contribution >= 0.6 is 15.9 Å². The van der Waals surface area contributed by atoms with E-state index in [2.05, 4.69) is 21.2 Å². The van der Waals surface area contributed by atoms with Crippen molar-refractivity contribution in [2.75, 3.05) is 19.7 Å². The van der Waals surface area contributed by atoms with E-state index in [-0.39, 0.29) is 5.75 Å². The maximum absolute atomic E-state index is 13.4. The molecular weight excluding hydrogens is 292 g/mol. The molecule has 0 spiro atoms. The number of benzene rings is 1. The fourth-order valence-electron chi connectivity index (χ4n) is 1.91. The second-order valence-electron chi connectivity index (χ2n) is 4.22. The second kappa shape index (κ2) is 5.78. The SMILES string of the molecule is Fc1cc(Br)cc(OCC2CCCNC2)c1F. The summed E-state index contributed by atoms with van der Waals surface area (Å²) in [5.41, 5.74) is 0. The normalized spacial score (nSPS) is 20.3. The number of halogens is 3. The molecule has 1 aromatic rings. The lowest BCUT2D eigenvalue weighted by Gasteiger charge is -2.22. The maximum atomic E-state index is 13.4. The quantitative estimate of drug-likeness (QED) is 0.867. The van der Waals surface area contributed by atoms with Crippen molar-refractivity contribution in [2.45, 2.75) is 12.8 Å². The lowest BCUT2D eigenvalue weighted by atomic mass is 10.0. The van der Waals surface area contributed by atoms with Gasteiger partial charge in [-0.15, -0.1) is 0 Å². The fraction of sp³-hybridized carbons (Fsp3) is 0.500. The summed E-state index contributed by atoms with van der Waals surface area (Å²) in [7, 11) is 0. The maximum Gasteiger partial charge on any atom is 0.200 e. The van der Waals surface area contributed by atoms with Crippen LogP contribution in [0.15, 0.2) is 16.6 Å². The van der Waals surface area contributed by atoms with E-state index in [0.29, 0.717) is 17.0 Å². The molecule has 1 heterocycles. The number of hydrogen-bond acceptors (Lipinski definition) is 2. The molecule has 1 aromatic carbocycles. The minimum absolute atomic E-state index is 0.0255. The Morgan fingerprint density at radius 1 is 1.41 bits per heavy atom. The molecule has 17 heavy (non-hydrogen) atoms. The highest BCUT2D eigenvalue weighted by Crippen LogP contribution is 2.26. The minimum Gasteiger partial charge on any atom is -0.490 e. The fourth-order valence-corrected chi connectivity index (χ4v) is 2.32. The molecule has 0 aliphatic carbocycles. The summed E-state index contributed by atoms with van der Waals surface area (Å²) >= 11 is 3.11. The number of ether oxygens (including phenoxy) is 1. The largest absolute Gasteiger partial charge is 0.490 e. The van der Waals surface area contributed by atoms with Gasteiger partial charge >= 0.3 is 0 Å². The Hall–Kier alpha value is -0.680. The zero-order chi connectivity index (χ0) is 12.3. The van der Waals surface area contributed by atoms with E-state index in [1.165, 1.54) is 6.07 Å². The van der Waals surface area contributed by atoms with Crippen molar-refractivity contribution in [1.29, 1.82) is 0 Å². The van der Waals surface area contributed by atoms with Crippen LogP contribution in [0.1, 0.15) is 12.8 Å². The number of hydrogen-bond donors (Lipinski definition) is 1. The molecule has 1 fully saturated rings. The molecule has 0 saturated carbocycles. The summed E-state index contributed by atoms with van der Waals surface area (Å²) in [5.74, 6) is -1.47. The van der Waals surface area contributed by atoms with Crippen LogP contribution in [-0.2, 0) is 0 Å². The van der Waals surface area contributed by atoms with Crippen LogP contribution in [0, 0.1) is 17.6 Å². The van der Waals surface area contributed by atoms with Gasteiger partial charge in [0.1, 0.15) is 0 Å². The topological polar surface area (TPSA) is 21.3 Å². The van der Waals surface area contributed by atoms with Gasteiger partial charge in [-0.3, -0.25) is 0 Å². The lowest BCUT2D eigenvalue weighted by Crippen LogP contribution is -2.33. The first-order chi connectivity index (χ1) is 8.16. The summed E-state index contributed by atoms with van der Waals surface area (Å²) in [6, 6.07) is 2.54. The lowest BCUT2D eigenvalue weighted by molar-refractivity contribution is 0.209. The molecule has 94 valence electrons. The van der Waals surface area contributed by atoms with E-state index in [1.807, 2.05) is 0 Å². The van der Waals surface area contributed by atoms with Gasteiger partial charge in [0.05, 0.1) is 6.61 Å². The molecule has 0 bridgehead atoms. The Bertz CT molecular complexity index is 394. The zero-order valence-electron chi connectivity index (χ0n) is 9.31. The average molecular weight is 306 g/mol. The van der Waals surface area contributed by atoms with Gasteiger partial charge in [0.25, 0.3) is 0 Å². The number of nitrogens with one attached hydrogen (secondary N) is 1. The summed E-state index contributed by atoms with van der Waals surface area (Å²) in [6.45, 7) is 2.31. The van der Waals surface area contributed by atoms with Gasteiger partial charge in [-0.2, -0.15) is 4.39 Å². The summed E-state index contributed by atoms with van der Waals surface area (Å²) in [6.07, 6.45) is 2.16. The molecule has 1 aliphatic rings. The van der Waals surface area contributed by atoms with Gasteiger partial charge in [-0.1, -0.05) is 15.9 Å². The molecular formula is C12H14BrF2NO. The van der Waals surface area contributed by atoms with E-state index < -0.39 is 11.6 Å². The first kappa shape index (κ1) is 12.8. The van der Waals surface area contributed by atoms with E-state index in [1.54, 1.807) is 0 Å². The molecule has 1 aliphatic heterocycles. The average Bonchev–Trinajstić information content (AvgIpc) is 2.33. The van der Waals surface area contributed by atoms with Crippen LogP contribution in [-0.4, -0.2) is 19.7 Å². The zero-order valence-corrected chi connectivity index (χ0v) is 10.9. The van der Waals surface area contributed by atoms with E-state index in [0.717, 1.165) is 32.0 Å². The molecule has 1 saturated heterocycles. The summed E-state index contributed by atoms with van der Waals surface area (Å²) < 4.78 is 32.3. The monoisotopic (exact) mass is 305 g/mol. The molecule has 0 amide bonds. The van der Waals surface area contributed by atoms with Crippen molar-refractivity contribution in [3.05, 3.63) is 28.2 Å². The first-order valence-corrected chi connectivity index (χ1v) is 6.44. The van der Waals surface area contributed by atoms with Crippen molar-refractivity contribution in [3.63, 3.8) is 0 Å². The molecule has 1 unspecified atom stereocenters. The van der Waals surface area contributed by atoms with Crippen LogP contribution in [0.5, 0.6) is 5.75 Å². The van der Waals surface area contributed by atoms with Crippen LogP contribution in [0.25, 0.3) is 0 Å². The molecule has 0 aromatic heterocycles. The van der Waals surface area contributed by atoms with Crippen LogP contribution in [0.4, 0.5) is 8.78 Å². The third kappa shape index (κ3) is 3.39. The Balaban J connectivity index is 1.98. The first-order valence-electron chi connectivity index (χ1n) is 5.65. The predicted octanol–water partition coefficient (Wildman–Crippen LogP) is 3.11. The summed E-state index contributed by atoms with van der Waals surface area (Å²) in [5, 5.41) is 3.25. The molecule has 5 heteroatoms. The van der Waals surface area contributed by atoms with E-state index in [4.69, 9.17) is 4.74 Å². The van der Waals surface area contributed by atoms with Crippen molar-refractivity contribution in [3.8, 4) is 5.75 Å². The molecule has 1 N–H and O–H groups in total. The van der Waals surface area contributed by atoms with Gasteiger partial charge in [0.15, 0.2) is 11.6 Å². The summed E-state index contributed by atoms with van der Waals surface area (Å²) in [4.78, 5) is 0. The highest BCUT2D eigenvalue weighted by molar-refractivity contribution is 9.10. The molecule has 1 atom stereocenters. The van der Waals surface area contributed by atoms with Crippen LogP contribution in [0.2, 0.25) is 0 Å². The van der Waals surface area contributed by atoms with Gasteiger partial charge in [0, 0.05) is 16.9 Å². The Morgan fingerprint density at radius 3 is 2.94 bits per heavy atom. The minimum atomic E-state index is -0.919. The van der Waals surface area contributed by atoms with Gasteiger partial charge < -0.3 is 10.1 Å². The highest BCUT2D eigenvalue weighted by Gasteiger charge is 2.16. The highest BCUT2D eigenvalue weighted by atomic mass is 79.9. The number of rotatable bonds is 3. The number of piperidine rings is 1. The van der Waals surface area contributed by atoms with Gasteiger partial charge in [-0.25, -0.2) is 4.39 Å². The van der Waals surface area contributed by atoms with Crippen molar-refractivity contribution in [1.82, 2.24) is 5.32 Å². The van der Waals surface area contributed by atoms with E-state index >= 15 is 0 Å². The molecule has 2 nitrogen and oxygen atoms in total. The van der Waals surface area contributed by atoms with Crippen molar-refractivity contribution >= 4 is 15.9 Å². The van der Waals surface area contributed by atoms with Crippen LogP contribution < -0.4 is 10.1 Å². The van der Waals surface area contributed by atoms with Crippen LogP contribution in [0.3, 0.4) is 0 Å². The van der Waals surface area contributed by atoms with Gasteiger partial charge in [0.2, 0.25) is 5.82 Å².